The smallest absolute Gasteiger partial charge is 0.223 e. The van der Waals surface area contributed by atoms with E-state index < -0.39 is 41.1 Å². The van der Waals surface area contributed by atoms with E-state index in [9.17, 15) is 19.5 Å². The predicted octanol–water partition coefficient (Wildman–Crippen LogP) is 0.0322. The first-order valence-corrected chi connectivity index (χ1v) is 7.73. The average Bonchev–Trinajstić information content (AvgIpc) is 2.41. The molecule has 0 saturated carbocycles. The zero-order chi connectivity index (χ0) is 17.5. The Morgan fingerprint density at radius 2 is 1.18 bits per heavy atom. The van der Waals surface area contributed by atoms with E-state index in [2.05, 4.69) is 0 Å². The zero-order valence-corrected chi connectivity index (χ0v) is 13.7. The Morgan fingerprint density at radius 3 is 1.36 bits per heavy atom. The highest BCUT2D eigenvalue weighted by molar-refractivity contribution is 5.80. The van der Waals surface area contributed by atoms with E-state index in [0.29, 0.717) is 19.3 Å². The van der Waals surface area contributed by atoms with E-state index >= 15 is 0 Å². The van der Waals surface area contributed by atoms with Gasteiger partial charge in [0.1, 0.15) is 0 Å². The number of amides is 3. The number of nitrogens with two attached hydrogens (primary N) is 3. The highest BCUT2D eigenvalue weighted by Crippen LogP contribution is 2.35. The van der Waals surface area contributed by atoms with Crippen LogP contribution in [0.25, 0.3) is 0 Å². The number of carbonyl (C=O) groups is 3. The van der Waals surface area contributed by atoms with Crippen LogP contribution in [-0.2, 0) is 14.4 Å². The molecule has 0 radical (unpaired) electrons. The molecule has 0 aliphatic carbocycles. The molecule has 0 fully saturated rings. The molecule has 0 rings (SSSR count). The van der Waals surface area contributed by atoms with Crippen molar-refractivity contribution in [1.29, 1.82) is 0 Å². The number of carbonyl (C=O) groups excluding carboxylic acids is 3. The van der Waals surface area contributed by atoms with Gasteiger partial charge < -0.3 is 22.3 Å². The fraction of sp³-hybridized carbons (Fsp3) is 0.800. The predicted molar refractivity (Wildman–Crippen MR) is 83.1 cm³/mol. The van der Waals surface area contributed by atoms with Gasteiger partial charge in [0.15, 0.2) is 0 Å². The van der Waals surface area contributed by atoms with E-state index in [-0.39, 0.29) is 12.8 Å². The molecule has 7 nitrogen and oxygen atoms in total. The van der Waals surface area contributed by atoms with Gasteiger partial charge in [-0.2, -0.15) is 0 Å². The van der Waals surface area contributed by atoms with Crippen molar-refractivity contribution in [2.45, 2.75) is 58.5 Å². The topological polar surface area (TPSA) is 150 Å². The van der Waals surface area contributed by atoms with E-state index in [0.717, 1.165) is 0 Å². The van der Waals surface area contributed by atoms with Crippen molar-refractivity contribution in [3.63, 3.8) is 0 Å². The maximum absolute atomic E-state index is 11.7. The van der Waals surface area contributed by atoms with Gasteiger partial charge in [-0.25, -0.2) is 0 Å². The average molecular weight is 315 g/mol. The van der Waals surface area contributed by atoms with Gasteiger partial charge in [-0.05, 0) is 32.1 Å². The van der Waals surface area contributed by atoms with Crippen LogP contribution in [0.4, 0.5) is 0 Å². The van der Waals surface area contributed by atoms with Crippen molar-refractivity contribution < 1.29 is 19.5 Å². The van der Waals surface area contributed by atoms with Crippen molar-refractivity contribution in [3.05, 3.63) is 0 Å². The van der Waals surface area contributed by atoms with Crippen molar-refractivity contribution in [1.82, 2.24) is 0 Å². The summed E-state index contributed by atoms with van der Waals surface area (Å²) in [5, 5.41) is 11.0. The van der Waals surface area contributed by atoms with Gasteiger partial charge in [-0.15, -0.1) is 0 Å². The molecule has 22 heavy (non-hydrogen) atoms. The molecule has 128 valence electrons. The SMILES string of the molecule is CCC(CC(O)(CC(CC)C(N)=O)C(CC)C(N)=O)C(N)=O. The molecular weight excluding hydrogens is 286 g/mol. The molecule has 0 aromatic carbocycles. The molecular formula is C15H29N3O4. The van der Waals surface area contributed by atoms with E-state index in [1.807, 2.05) is 0 Å². The first kappa shape index (κ1) is 20.4. The summed E-state index contributed by atoms with van der Waals surface area (Å²) in [6.45, 7) is 5.26. The second kappa shape index (κ2) is 8.73. The zero-order valence-electron chi connectivity index (χ0n) is 13.7. The monoisotopic (exact) mass is 315 g/mol. The summed E-state index contributed by atoms with van der Waals surface area (Å²) in [6, 6.07) is 0. The van der Waals surface area contributed by atoms with Gasteiger partial charge >= 0.3 is 0 Å². The number of primary amides is 3. The minimum atomic E-state index is -1.58. The summed E-state index contributed by atoms with van der Waals surface area (Å²) >= 11 is 0. The highest BCUT2D eigenvalue weighted by Gasteiger charge is 2.43. The number of hydrogen-bond acceptors (Lipinski definition) is 4. The molecule has 0 aromatic heterocycles. The molecule has 0 aromatic rings. The molecule has 0 aliphatic heterocycles. The van der Waals surface area contributed by atoms with Gasteiger partial charge in [0.2, 0.25) is 17.7 Å². The highest BCUT2D eigenvalue weighted by atomic mass is 16.3. The van der Waals surface area contributed by atoms with Crippen LogP contribution in [0.2, 0.25) is 0 Å². The van der Waals surface area contributed by atoms with Crippen LogP contribution in [0.3, 0.4) is 0 Å². The van der Waals surface area contributed by atoms with E-state index in [1.54, 1.807) is 20.8 Å². The lowest BCUT2D eigenvalue weighted by atomic mass is 9.72. The lowest BCUT2D eigenvalue weighted by molar-refractivity contribution is -0.142. The molecule has 0 spiro atoms. The van der Waals surface area contributed by atoms with Gasteiger partial charge in [-0.1, -0.05) is 20.8 Å². The fourth-order valence-electron chi connectivity index (χ4n) is 2.96. The maximum Gasteiger partial charge on any atom is 0.223 e. The van der Waals surface area contributed by atoms with Crippen LogP contribution in [0.1, 0.15) is 52.9 Å². The Kier molecular flexibility index (Phi) is 8.08. The Labute approximate surface area is 131 Å². The quantitative estimate of drug-likeness (QED) is 0.425. The van der Waals surface area contributed by atoms with E-state index in [1.165, 1.54) is 0 Å². The fourth-order valence-corrected chi connectivity index (χ4v) is 2.96. The molecule has 0 saturated heterocycles. The molecule has 3 amide bonds. The molecule has 7 heteroatoms. The Balaban J connectivity index is 5.58. The molecule has 7 N–H and O–H groups in total. The van der Waals surface area contributed by atoms with Crippen LogP contribution in [0.15, 0.2) is 0 Å². The van der Waals surface area contributed by atoms with E-state index in [4.69, 9.17) is 17.2 Å². The number of hydrogen-bond donors (Lipinski definition) is 4. The molecule has 0 heterocycles. The summed E-state index contributed by atoms with van der Waals surface area (Å²) < 4.78 is 0. The van der Waals surface area contributed by atoms with Gasteiger partial charge in [-0.3, -0.25) is 14.4 Å². The minimum Gasteiger partial charge on any atom is -0.389 e. The third kappa shape index (κ3) is 5.29. The normalized spacial score (nSPS) is 18.0. The lowest BCUT2D eigenvalue weighted by Crippen LogP contribution is -2.49. The molecule has 3 atom stereocenters. The Morgan fingerprint density at radius 1 is 0.818 bits per heavy atom. The summed E-state index contributed by atoms with van der Waals surface area (Å²) in [4.78, 5) is 34.6. The van der Waals surface area contributed by atoms with Gasteiger partial charge in [0, 0.05) is 11.8 Å². The third-order valence-electron chi connectivity index (χ3n) is 4.39. The summed E-state index contributed by atoms with van der Waals surface area (Å²) in [5.74, 6) is -3.81. The van der Waals surface area contributed by atoms with Crippen LogP contribution in [0, 0.1) is 17.8 Å². The summed E-state index contributed by atoms with van der Waals surface area (Å²) in [6.07, 6.45) is 1.14. The van der Waals surface area contributed by atoms with Crippen LogP contribution >= 0.6 is 0 Å². The van der Waals surface area contributed by atoms with Crippen molar-refractivity contribution in [2.24, 2.45) is 35.0 Å². The third-order valence-corrected chi connectivity index (χ3v) is 4.39. The Bertz CT molecular complexity index is 388. The van der Waals surface area contributed by atoms with Crippen LogP contribution in [0.5, 0.6) is 0 Å². The second-order valence-electron chi connectivity index (χ2n) is 5.89. The van der Waals surface area contributed by atoms with Crippen LogP contribution in [-0.4, -0.2) is 28.4 Å². The standard InChI is InChI=1S/C15H29N3O4/c1-4-9(12(16)19)7-15(22,11(6-3)14(18)21)8-10(5-2)13(17)20/h9-11,22H,4-8H2,1-3H3,(H2,16,19)(H2,17,20)(H2,18,21). The van der Waals surface area contributed by atoms with Crippen LogP contribution < -0.4 is 17.2 Å². The van der Waals surface area contributed by atoms with Crippen molar-refractivity contribution >= 4 is 17.7 Å². The summed E-state index contributed by atoms with van der Waals surface area (Å²) in [5.41, 5.74) is 14.5. The Hall–Kier alpha value is -1.63. The summed E-state index contributed by atoms with van der Waals surface area (Å²) in [7, 11) is 0. The molecule has 0 aliphatic rings. The van der Waals surface area contributed by atoms with Crippen molar-refractivity contribution in [2.75, 3.05) is 0 Å². The lowest BCUT2D eigenvalue weighted by Gasteiger charge is -2.38. The molecule has 0 bridgehead atoms. The van der Waals surface area contributed by atoms with Gasteiger partial charge in [0.05, 0.1) is 11.5 Å². The molecule has 3 unspecified atom stereocenters. The number of rotatable bonds is 11. The second-order valence-corrected chi connectivity index (χ2v) is 5.89. The maximum atomic E-state index is 11.7. The van der Waals surface area contributed by atoms with Gasteiger partial charge in [0.25, 0.3) is 0 Å². The van der Waals surface area contributed by atoms with Crippen molar-refractivity contribution in [3.8, 4) is 0 Å². The largest absolute Gasteiger partial charge is 0.389 e. The number of aliphatic hydroxyl groups is 1. The first-order chi connectivity index (χ1) is 10.1. The minimum absolute atomic E-state index is 0.00986. The first-order valence-electron chi connectivity index (χ1n) is 7.73.